The summed E-state index contributed by atoms with van der Waals surface area (Å²) >= 11 is 0. The van der Waals surface area contributed by atoms with E-state index in [0.717, 1.165) is 23.6 Å². The Morgan fingerprint density at radius 1 is 1.45 bits per heavy atom. The Kier molecular flexibility index (Phi) is 7.01. The average Bonchev–Trinajstić information content (AvgIpc) is 2.41. The van der Waals surface area contributed by atoms with Crippen LogP contribution in [-0.2, 0) is 11.2 Å². The number of ether oxygens (including phenoxy) is 1. The number of aromatic nitrogens is 1. The molecular formula is C15H25N3O2. The van der Waals surface area contributed by atoms with Gasteiger partial charge in [-0.25, -0.2) is 0 Å². The summed E-state index contributed by atoms with van der Waals surface area (Å²) in [7, 11) is 0. The number of amides is 1. The van der Waals surface area contributed by atoms with Crippen LogP contribution in [0.2, 0.25) is 0 Å². The number of hydrogen-bond acceptors (Lipinski definition) is 4. The minimum Gasteiger partial charge on any atom is -0.491 e. The van der Waals surface area contributed by atoms with Gasteiger partial charge in [0.15, 0.2) is 0 Å². The first kappa shape index (κ1) is 16.4. The van der Waals surface area contributed by atoms with Crippen LogP contribution in [-0.4, -0.2) is 30.1 Å². The van der Waals surface area contributed by atoms with Crippen molar-refractivity contribution < 1.29 is 9.53 Å². The SMILES string of the molecule is CCNC(=O)CCOc1ccc(C)nc1CC(N)CC. The molecule has 1 amide bonds. The first-order valence-corrected chi connectivity index (χ1v) is 7.18. The van der Waals surface area contributed by atoms with Crippen molar-refractivity contribution in [2.24, 2.45) is 5.73 Å². The molecule has 3 N–H and O–H groups in total. The zero-order valence-corrected chi connectivity index (χ0v) is 12.6. The van der Waals surface area contributed by atoms with Gasteiger partial charge in [0.25, 0.3) is 0 Å². The number of carbonyl (C=O) groups excluding carboxylic acids is 1. The second-order valence-corrected chi connectivity index (χ2v) is 4.82. The topological polar surface area (TPSA) is 77.2 Å². The highest BCUT2D eigenvalue weighted by Crippen LogP contribution is 2.19. The van der Waals surface area contributed by atoms with Gasteiger partial charge in [-0.3, -0.25) is 9.78 Å². The molecule has 112 valence electrons. The summed E-state index contributed by atoms with van der Waals surface area (Å²) in [5, 5.41) is 2.74. The molecule has 0 radical (unpaired) electrons. The molecule has 0 bridgehead atoms. The molecule has 5 nitrogen and oxygen atoms in total. The van der Waals surface area contributed by atoms with Crippen molar-refractivity contribution in [1.82, 2.24) is 10.3 Å². The van der Waals surface area contributed by atoms with Gasteiger partial charge in [-0.1, -0.05) is 6.92 Å². The van der Waals surface area contributed by atoms with Gasteiger partial charge in [0.2, 0.25) is 5.91 Å². The van der Waals surface area contributed by atoms with Crippen molar-refractivity contribution in [1.29, 1.82) is 0 Å². The lowest BCUT2D eigenvalue weighted by Gasteiger charge is -2.14. The van der Waals surface area contributed by atoms with E-state index in [1.165, 1.54) is 0 Å². The minimum absolute atomic E-state index is 0.000574. The Balaban J connectivity index is 2.62. The Labute approximate surface area is 120 Å². The molecule has 0 aromatic carbocycles. The maximum Gasteiger partial charge on any atom is 0.223 e. The molecule has 20 heavy (non-hydrogen) atoms. The number of nitrogens with one attached hydrogen (secondary N) is 1. The predicted octanol–water partition coefficient (Wildman–Crippen LogP) is 1.57. The van der Waals surface area contributed by atoms with Crippen LogP contribution in [0.15, 0.2) is 12.1 Å². The summed E-state index contributed by atoms with van der Waals surface area (Å²) in [5.41, 5.74) is 7.80. The van der Waals surface area contributed by atoms with E-state index in [2.05, 4.69) is 17.2 Å². The summed E-state index contributed by atoms with van der Waals surface area (Å²) < 4.78 is 5.68. The quantitative estimate of drug-likeness (QED) is 0.757. The largest absolute Gasteiger partial charge is 0.491 e. The van der Waals surface area contributed by atoms with Crippen LogP contribution in [0.5, 0.6) is 5.75 Å². The molecule has 1 aromatic heterocycles. The Morgan fingerprint density at radius 3 is 2.85 bits per heavy atom. The third kappa shape index (κ3) is 5.57. The molecular weight excluding hydrogens is 254 g/mol. The van der Waals surface area contributed by atoms with Gasteiger partial charge in [0.1, 0.15) is 5.75 Å². The van der Waals surface area contributed by atoms with Gasteiger partial charge >= 0.3 is 0 Å². The van der Waals surface area contributed by atoms with Gasteiger partial charge in [-0.2, -0.15) is 0 Å². The van der Waals surface area contributed by atoms with Crippen molar-refractivity contribution in [2.45, 2.75) is 46.1 Å². The van der Waals surface area contributed by atoms with Crippen LogP contribution in [0.4, 0.5) is 0 Å². The summed E-state index contributed by atoms with van der Waals surface area (Å²) in [4.78, 5) is 15.9. The maximum absolute atomic E-state index is 11.4. The molecule has 0 fully saturated rings. The lowest BCUT2D eigenvalue weighted by Crippen LogP contribution is -2.25. The molecule has 0 aliphatic carbocycles. The van der Waals surface area contributed by atoms with Crippen LogP contribution >= 0.6 is 0 Å². The normalized spacial score (nSPS) is 12.0. The van der Waals surface area contributed by atoms with E-state index in [-0.39, 0.29) is 11.9 Å². The summed E-state index contributed by atoms with van der Waals surface area (Å²) in [6.07, 6.45) is 1.93. The van der Waals surface area contributed by atoms with E-state index in [4.69, 9.17) is 10.5 Å². The molecule has 0 aliphatic rings. The number of nitrogens with two attached hydrogens (primary N) is 1. The fourth-order valence-corrected chi connectivity index (χ4v) is 1.81. The molecule has 0 saturated carbocycles. The molecule has 1 unspecified atom stereocenters. The number of pyridine rings is 1. The lowest BCUT2D eigenvalue weighted by atomic mass is 10.1. The Bertz CT molecular complexity index is 435. The molecule has 1 rings (SSSR count). The van der Waals surface area contributed by atoms with Crippen LogP contribution in [0.1, 0.15) is 38.1 Å². The third-order valence-electron chi connectivity index (χ3n) is 3.01. The van der Waals surface area contributed by atoms with E-state index in [0.29, 0.717) is 26.0 Å². The predicted molar refractivity (Wildman–Crippen MR) is 79.7 cm³/mol. The molecule has 0 aliphatic heterocycles. The number of carbonyl (C=O) groups is 1. The van der Waals surface area contributed by atoms with Crippen molar-refractivity contribution in [3.8, 4) is 5.75 Å². The van der Waals surface area contributed by atoms with Gasteiger partial charge in [-0.15, -0.1) is 0 Å². The zero-order valence-electron chi connectivity index (χ0n) is 12.6. The number of rotatable bonds is 8. The van der Waals surface area contributed by atoms with Crippen LogP contribution < -0.4 is 15.8 Å². The van der Waals surface area contributed by atoms with Gasteiger partial charge in [-0.05, 0) is 32.4 Å². The van der Waals surface area contributed by atoms with E-state index in [9.17, 15) is 4.79 Å². The fraction of sp³-hybridized carbons (Fsp3) is 0.600. The van der Waals surface area contributed by atoms with E-state index < -0.39 is 0 Å². The standard InChI is InChI=1S/C15H25N3O2/c1-4-12(16)10-13-14(7-6-11(3)18-13)20-9-8-15(19)17-5-2/h6-7,12H,4-5,8-10,16H2,1-3H3,(H,17,19). The summed E-state index contributed by atoms with van der Waals surface area (Å²) in [5.74, 6) is 0.725. The minimum atomic E-state index is -0.000574. The van der Waals surface area contributed by atoms with Gasteiger partial charge < -0.3 is 15.8 Å². The second-order valence-electron chi connectivity index (χ2n) is 4.82. The monoisotopic (exact) mass is 279 g/mol. The van der Waals surface area contributed by atoms with Crippen molar-refractivity contribution >= 4 is 5.91 Å². The Hall–Kier alpha value is -1.62. The fourth-order valence-electron chi connectivity index (χ4n) is 1.81. The first-order valence-electron chi connectivity index (χ1n) is 7.18. The summed E-state index contributed by atoms with van der Waals surface area (Å²) in [6, 6.07) is 3.88. The van der Waals surface area contributed by atoms with Crippen LogP contribution in [0.25, 0.3) is 0 Å². The number of hydrogen-bond donors (Lipinski definition) is 2. The molecule has 0 spiro atoms. The van der Waals surface area contributed by atoms with Gasteiger partial charge in [0, 0.05) is 24.7 Å². The second kappa shape index (κ2) is 8.53. The van der Waals surface area contributed by atoms with Crippen molar-refractivity contribution in [3.63, 3.8) is 0 Å². The smallest absolute Gasteiger partial charge is 0.223 e. The number of nitrogens with zero attached hydrogens (tertiary/aromatic N) is 1. The van der Waals surface area contributed by atoms with Gasteiger partial charge in [0.05, 0.1) is 18.7 Å². The zero-order chi connectivity index (χ0) is 15.0. The first-order chi connectivity index (χ1) is 9.56. The molecule has 1 atom stereocenters. The van der Waals surface area contributed by atoms with E-state index >= 15 is 0 Å². The highest BCUT2D eigenvalue weighted by molar-refractivity contribution is 5.75. The van der Waals surface area contributed by atoms with Crippen molar-refractivity contribution in [2.75, 3.05) is 13.2 Å². The Morgan fingerprint density at radius 2 is 2.20 bits per heavy atom. The highest BCUT2D eigenvalue weighted by atomic mass is 16.5. The molecule has 0 saturated heterocycles. The molecule has 1 heterocycles. The lowest BCUT2D eigenvalue weighted by molar-refractivity contribution is -0.121. The van der Waals surface area contributed by atoms with Crippen LogP contribution in [0.3, 0.4) is 0 Å². The van der Waals surface area contributed by atoms with E-state index in [1.807, 2.05) is 26.0 Å². The third-order valence-corrected chi connectivity index (χ3v) is 3.01. The average molecular weight is 279 g/mol. The molecule has 1 aromatic rings. The molecule has 5 heteroatoms. The summed E-state index contributed by atoms with van der Waals surface area (Å²) in [6.45, 7) is 6.88. The maximum atomic E-state index is 11.4. The highest BCUT2D eigenvalue weighted by Gasteiger charge is 2.10. The van der Waals surface area contributed by atoms with Crippen LogP contribution in [0, 0.1) is 6.92 Å². The number of aryl methyl sites for hydroxylation is 1. The van der Waals surface area contributed by atoms with E-state index in [1.54, 1.807) is 0 Å². The van der Waals surface area contributed by atoms with Crippen molar-refractivity contribution in [3.05, 3.63) is 23.5 Å².